The van der Waals surface area contributed by atoms with Crippen LogP contribution in [0.1, 0.15) is 20.7 Å². The van der Waals surface area contributed by atoms with Crippen molar-refractivity contribution >= 4 is 22.7 Å². The number of para-hydroxylation sites is 2. The molecule has 34 heavy (non-hydrogen) atoms. The number of rotatable bonds is 8. The zero-order valence-corrected chi connectivity index (χ0v) is 18.4. The Hall–Kier alpha value is -4.43. The molecule has 4 aromatic rings. The Morgan fingerprint density at radius 1 is 0.559 bits per heavy atom. The molecule has 0 aliphatic carbocycles. The van der Waals surface area contributed by atoms with Crippen LogP contribution < -0.4 is 9.47 Å². The van der Waals surface area contributed by atoms with Crippen molar-refractivity contribution < 1.29 is 33.5 Å². The Balaban J connectivity index is 1.46. The third kappa shape index (κ3) is 5.13. The summed E-state index contributed by atoms with van der Waals surface area (Å²) in [5, 5.41) is 18.5. The maximum atomic E-state index is 12.9. The molecule has 0 heterocycles. The fourth-order valence-electron chi connectivity index (χ4n) is 3.12. The molecule has 170 valence electrons. The van der Waals surface area contributed by atoms with Gasteiger partial charge in [-0.25, -0.2) is 13.8 Å². The van der Waals surface area contributed by atoms with Crippen LogP contribution in [0.3, 0.4) is 0 Å². The first-order valence-electron chi connectivity index (χ1n) is 10.0. The molecule has 4 aromatic carbocycles. The summed E-state index contributed by atoms with van der Waals surface area (Å²) in [5.74, 6) is -0.933. The van der Waals surface area contributed by atoms with E-state index in [0.717, 1.165) is 0 Å². The highest BCUT2D eigenvalue weighted by atomic mass is 32.2. The zero-order valence-electron chi connectivity index (χ0n) is 17.6. The molecule has 7 nitrogen and oxygen atoms in total. The van der Waals surface area contributed by atoms with Crippen LogP contribution in [0.2, 0.25) is 0 Å². The van der Waals surface area contributed by atoms with Crippen LogP contribution in [0.25, 0.3) is 0 Å². The fourth-order valence-corrected chi connectivity index (χ4v) is 4.16. The van der Waals surface area contributed by atoms with Gasteiger partial charge in [0.05, 0.1) is 10.8 Å². The largest absolute Gasteiger partial charge is 0.478 e. The molecule has 2 N–H and O–H groups in total. The minimum atomic E-state index is -1.48. The Bertz CT molecular complexity index is 1260. The highest BCUT2D eigenvalue weighted by molar-refractivity contribution is 7.85. The number of benzene rings is 4. The summed E-state index contributed by atoms with van der Waals surface area (Å²) >= 11 is 0. The Morgan fingerprint density at radius 2 is 0.912 bits per heavy atom. The normalized spacial score (nSPS) is 10.6. The lowest BCUT2D eigenvalue weighted by Crippen LogP contribution is -2.00. The summed E-state index contributed by atoms with van der Waals surface area (Å²) in [7, 11) is -1.48. The lowest BCUT2D eigenvalue weighted by molar-refractivity contribution is 0.0683. The van der Waals surface area contributed by atoms with Crippen LogP contribution >= 0.6 is 0 Å². The minimum absolute atomic E-state index is 0.0449. The molecule has 0 saturated carbocycles. The van der Waals surface area contributed by atoms with Crippen LogP contribution in [-0.2, 0) is 10.8 Å². The van der Waals surface area contributed by atoms with Crippen molar-refractivity contribution in [1.29, 1.82) is 0 Å². The van der Waals surface area contributed by atoms with E-state index in [9.17, 15) is 24.0 Å². The van der Waals surface area contributed by atoms with E-state index in [2.05, 4.69) is 0 Å². The highest BCUT2D eigenvalue weighted by Crippen LogP contribution is 2.29. The zero-order chi connectivity index (χ0) is 24.1. The van der Waals surface area contributed by atoms with Crippen molar-refractivity contribution in [2.45, 2.75) is 9.79 Å². The van der Waals surface area contributed by atoms with E-state index in [-0.39, 0.29) is 22.6 Å². The van der Waals surface area contributed by atoms with Gasteiger partial charge in [-0.1, -0.05) is 24.3 Å². The average Bonchev–Trinajstić information content (AvgIpc) is 2.85. The molecule has 0 amide bonds. The SMILES string of the molecule is O=C(O)c1ccccc1Oc1ccc(S(=O)c2ccc(Oc3ccccc3C(=O)O)cc2)cc1. The lowest BCUT2D eigenvalue weighted by Gasteiger charge is -2.10. The first-order valence-corrected chi connectivity index (χ1v) is 11.2. The molecule has 0 unspecified atom stereocenters. The number of hydrogen-bond donors (Lipinski definition) is 2. The van der Waals surface area contributed by atoms with E-state index in [0.29, 0.717) is 21.3 Å². The number of carbonyl (C=O) groups is 2. The first kappa shape index (κ1) is 22.8. The molecular formula is C26H18O7S. The standard InChI is InChI=1S/C26H18O7S/c27-25(28)21-5-1-3-7-23(21)32-17-9-13-19(14-10-17)34(31)20-15-11-18(12-16-20)33-24-8-4-2-6-22(24)26(29)30/h1-16H,(H,27,28)(H,29,30). The first-order chi connectivity index (χ1) is 16.4. The number of ether oxygens (including phenoxy) is 2. The van der Waals surface area contributed by atoms with Gasteiger partial charge in [-0.3, -0.25) is 0 Å². The van der Waals surface area contributed by atoms with Gasteiger partial charge < -0.3 is 19.7 Å². The molecule has 0 saturated heterocycles. The third-order valence-electron chi connectivity index (χ3n) is 4.77. The Kier molecular flexibility index (Phi) is 6.70. The summed E-state index contributed by atoms with van der Waals surface area (Å²) in [6.07, 6.45) is 0. The average molecular weight is 474 g/mol. The Morgan fingerprint density at radius 3 is 1.26 bits per heavy atom. The minimum Gasteiger partial charge on any atom is -0.478 e. The van der Waals surface area contributed by atoms with Gasteiger partial charge in [0, 0.05) is 9.79 Å². The summed E-state index contributed by atoms with van der Waals surface area (Å²) in [5.41, 5.74) is 0.0897. The molecule has 8 heteroatoms. The van der Waals surface area contributed by atoms with Gasteiger partial charge in [0.2, 0.25) is 0 Å². The van der Waals surface area contributed by atoms with Gasteiger partial charge in [0.25, 0.3) is 0 Å². The molecule has 0 radical (unpaired) electrons. The number of carboxylic acids is 2. The van der Waals surface area contributed by atoms with Crippen molar-refractivity contribution in [3.8, 4) is 23.0 Å². The van der Waals surface area contributed by atoms with E-state index in [1.807, 2.05) is 0 Å². The number of hydrogen-bond acceptors (Lipinski definition) is 5. The fraction of sp³-hybridized carbons (Fsp3) is 0. The van der Waals surface area contributed by atoms with Crippen molar-refractivity contribution in [3.63, 3.8) is 0 Å². The van der Waals surface area contributed by atoms with Crippen LogP contribution in [0.4, 0.5) is 0 Å². The summed E-state index contributed by atoms with van der Waals surface area (Å²) < 4.78 is 24.3. The van der Waals surface area contributed by atoms with Gasteiger partial charge in [-0.2, -0.15) is 0 Å². The summed E-state index contributed by atoms with van der Waals surface area (Å²) in [6, 6.07) is 25.7. The molecule has 0 atom stereocenters. The lowest BCUT2D eigenvalue weighted by atomic mass is 10.2. The van der Waals surface area contributed by atoms with Gasteiger partial charge >= 0.3 is 11.9 Å². The predicted octanol–water partition coefficient (Wildman–Crippen LogP) is 5.83. The topological polar surface area (TPSA) is 110 Å². The second-order valence-electron chi connectivity index (χ2n) is 7.02. The second-order valence-corrected chi connectivity index (χ2v) is 8.50. The van der Waals surface area contributed by atoms with Crippen LogP contribution in [0, 0.1) is 0 Å². The van der Waals surface area contributed by atoms with Crippen LogP contribution in [0.15, 0.2) is 107 Å². The van der Waals surface area contributed by atoms with E-state index in [1.165, 1.54) is 12.1 Å². The maximum Gasteiger partial charge on any atom is 0.339 e. The predicted molar refractivity (Wildman–Crippen MR) is 125 cm³/mol. The van der Waals surface area contributed by atoms with E-state index >= 15 is 0 Å². The van der Waals surface area contributed by atoms with Crippen molar-refractivity contribution in [1.82, 2.24) is 0 Å². The van der Waals surface area contributed by atoms with Crippen LogP contribution in [-0.4, -0.2) is 26.4 Å². The van der Waals surface area contributed by atoms with E-state index < -0.39 is 22.7 Å². The number of carboxylic acid groups (broad SMARTS) is 2. The molecule has 4 rings (SSSR count). The van der Waals surface area contributed by atoms with Gasteiger partial charge in [0.15, 0.2) is 0 Å². The van der Waals surface area contributed by atoms with Crippen molar-refractivity contribution in [3.05, 3.63) is 108 Å². The smallest absolute Gasteiger partial charge is 0.339 e. The summed E-state index contributed by atoms with van der Waals surface area (Å²) in [6.45, 7) is 0. The summed E-state index contributed by atoms with van der Waals surface area (Å²) in [4.78, 5) is 23.7. The molecule has 0 spiro atoms. The maximum absolute atomic E-state index is 12.9. The van der Waals surface area contributed by atoms with Crippen molar-refractivity contribution in [2.24, 2.45) is 0 Å². The monoisotopic (exact) mass is 474 g/mol. The number of aromatic carboxylic acids is 2. The third-order valence-corrected chi connectivity index (χ3v) is 6.17. The van der Waals surface area contributed by atoms with Gasteiger partial charge in [-0.15, -0.1) is 0 Å². The van der Waals surface area contributed by atoms with E-state index in [4.69, 9.17) is 9.47 Å². The van der Waals surface area contributed by atoms with Crippen molar-refractivity contribution in [2.75, 3.05) is 0 Å². The molecule has 0 aromatic heterocycles. The molecule has 0 aliphatic heterocycles. The van der Waals surface area contributed by atoms with Crippen LogP contribution in [0.5, 0.6) is 23.0 Å². The highest BCUT2D eigenvalue weighted by Gasteiger charge is 2.14. The molecule has 0 aliphatic rings. The molecule has 0 bridgehead atoms. The second kappa shape index (κ2) is 10.0. The quantitative estimate of drug-likeness (QED) is 0.330. The van der Waals surface area contributed by atoms with Gasteiger partial charge in [-0.05, 0) is 72.8 Å². The molecular weight excluding hydrogens is 456 g/mol. The molecule has 0 fully saturated rings. The van der Waals surface area contributed by atoms with E-state index in [1.54, 1.807) is 84.9 Å². The van der Waals surface area contributed by atoms with Gasteiger partial charge in [0.1, 0.15) is 34.1 Å². The Labute approximate surface area is 197 Å².